The Morgan fingerprint density at radius 3 is 1.84 bits per heavy atom. The molecule has 1 aliphatic rings. The van der Waals surface area contributed by atoms with Crippen molar-refractivity contribution in [2.24, 2.45) is 5.92 Å². The average Bonchev–Trinajstić information content (AvgIpc) is 3.04. The number of benzene rings is 1. The van der Waals surface area contributed by atoms with Crippen molar-refractivity contribution in [3.63, 3.8) is 0 Å². The van der Waals surface area contributed by atoms with Crippen LogP contribution in [0.25, 0.3) is 0 Å². The van der Waals surface area contributed by atoms with Crippen molar-refractivity contribution < 1.29 is 19.1 Å². The zero-order valence-corrected chi connectivity index (χ0v) is 30.5. The van der Waals surface area contributed by atoms with Crippen molar-refractivity contribution in [3.05, 3.63) is 29.8 Å². The summed E-state index contributed by atoms with van der Waals surface area (Å²) in [4.78, 5) is 27.2. The zero-order valence-electron chi connectivity index (χ0n) is 28.9. The van der Waals surface area contributed by atoms with Crippen molar-refractivity contribution >= 4 is 33.5 Å². The Hall–Kier alpha value is -1.18. The molecule has 0 atom stereocenters. The summed E-state index contributed by atoms with van der Waals surface area (Å²) in [5.74, 6) is 3.28. The van der Waals surface area contributed by atoms with E-state index in [1.54, 1.807) is 12.1 Å². The fourth-order valence-corrected chi connectivity index (χ4v) is 8.09. The van der Waals surface area contributed by atoms with Gasteiger partial charge in [0.25, 0.3) is 0 Å². The van der Waals surface area contributed by atoms with E-state index in [4.69, 9.17) is 9.47 Å². The van der Waals surface area contributed by atoms with Gasteiger partial charge in [-0.05, 0) is 68.8 Å². The lowest BCUT2D eigenvalue weighted by atomic mass is 9.94. The van der Waals surface area contributed by atoms with Gasteiger partial charge in [0, 0.05) is 24.5 Å². The molecular weight excluding hydrogens is 599 g/mol. The molecule has 0 bridgehead atoms. The van der Waals surface area contributed by atoms with Crippen LogP contribution in [0, 0.1) is 5.92 Å². The first-order valence-corrected chi connectivity index (χ1v) is 21.0. The van der Waals surface area contributed by atoms with E-state index in [0.717, 1.165) is 37.9 Å². The number of piperidine rings is 1. The molecule has 2 rings (SSSR count). The second-order valence-electron chi connectivity index (χ2n) is 12.9. The van der Waals surface area contributed by atoms with Gasteiger partial charge in [-0.15, -0.1) is 0 Å². The quantitative estimate of drug-likeness (QED) is 0.0383. The molecule has 1 aliphatic heterocycles. The summed E-state index contributed by atoms with van der Waals surface area (Å²) >= 11 is 0. The highest BCUT2D eigenvalue weighted by Gasteiger charge is 2.19. The Morgan fingerprint density at radius 1 is 0.711 bits per heavy atom. The standard InChI is InChI=1S/C38H65NO4S2/c1-3-5-6-7-8-9-10-11-12-13-14-15-16-17-18-19-37(40)43-36-22-20-35(21-23-36)33-38(41)42-30-26-34-24-27-39(28-25-34)29-32-45-44-31-4-2/h20-23,34H,3-19,24-33H2,1-2H3. The molecule has 0 spiro atoms. The van der Waals surface area contributed by atoms with E-state index in [9.17, 15) is 9.59 Å². The molecule has 0 saturated carbocycles. The number of hydrogen-bond acceptors (Lipinski definition) is 7. The molecule has 0 aliphatic carbocycles. The predicted octanol–water partition coefficient (Wildman–Crippen LogP) is 10.8. The van der Waals surface area contributed by atoms with Crippen molar-refractivity contribution in [1.29, 1.82) is 0 Å². The number of esters is 2. The number of hydrogen-bond donors (Lipinski definition) is 0. The highest BCUT2D eigenvalue weighted by molar-refractivity contribution is 8.76. The molecule has 7 heteroatoms. The van der Waals surface area contributed by atoms with Crippen molar-refractivity contribution in [2.75, 3.05) is 37.7 Å². The van der Waals surface area contributed by atoms with Gasteiger partial charge in [-0.1, -0.05) is 137 Å². The summed E-state index contributed by atoms with van der Waals surface area (Å²) in [7, 11) is 3.99. The highest BCUT2D eigenvalue weighted by atomic mass is 33.1. The Labute approximate surface area is 284 Å². The lowest BCUT2D eigenvalue weighted by molar-refractivity contribution is -0.143. The topological polar surface area (TPSA) is 55.8 Å². The van der Waals surface area contributed by atoms with Crippen LogP contribution >= 0.6 is 21.6 Å². The summed E-state index contributed by atoms with van der Waals surface area (Å²) in [5, 5.41) is 0. The summed E-state index contributed by atoms with van der Waals surface area (Å²) in [6, 6.07) is 7.27. The molecule has 45 heavy (non-hydrogen) atoms. The highest BCUT2D eigenvalue weighted by Crippen LogP contribution is 2.24. The third-order valence-corrected chi connectivity index (χ3v) is 11.4. The lowest BCUT2D eigenvalue weighted by Gasteiger charge is -2.31. The Kier molecular flexibility index (Phi) is 24.8. The molecule has 258 valence electrons. The maximum absolute atomic E-state index is 12.4. The fraction of sp³-hybridized carbons (Fsp3) is 0.789. The van der Waals surface area contributed by atoms with Crippen LogP contribution < -0.4 is 4.74 Å². The average molecular weight is 664 g/mol. The molecule has 5 nitrogen and oxygen atoms in total. The number of ether oxygens (including phenoxy) is 2. The van der Waals surface area contributed by atoms with Crippen LogP contribution in [0.2, 0.25) is 0 Å². The number of unbranched alkanes of at least 4 members (excludes halogenated alkanes) is 14. The maximum atomic E-state index is 12.4. The third-order valence-electron chi connectivity index (χ3n) is 8.85. The normalized spacial score (nSPS) is 14.1. The van der Waals surface area contributed by atoms with E-state index in [1.807, 2.05) is 33.7 Å². The summed E-state index contributed by atoms with van der Waals surface area (Å²) in [5.41, 5.74) is 0.880. The summed E-state index contributed by atoms with van der Waals surface area (Å²) in [6.45, 7) is 8.51. The first kappa shape index (κ1) is 40.0. The molecule has 1 saturated heterocycles. The van der Waals surface area contributed by atoms with E-state index < -0.39 is 0 Å². The third kappa shape index (κ3) is 22.1. The number of carbonyl (C=O) groups is 2. The van der Waals surface area contributed by atoms with E-state index in [2.05, 4.69) is 18.7 Å². The van der Waals surface area contributed by atoms with Crippen LogP contribution in [0.1, 0.15) is 148 Å². The van der Waals surface area contributed by atoms with E-state index in [-0.39, 0.29) is 18.4 Å². The summed E-state index contributed by atoms with van der Waals surface area (Å²) < 4.78 is 11.1. The molecule has 1 aromatic rings. The van der Waals surface area contributed by atoms with Gasteiger partial charge in [-0.25, -0.2) is 0 Å². The Bertz CT molecular complexity index is 858. The lowest BCUT2D eigenvalue weighted by Crippen LogP contribution is -2.35. The first-order chi connectivity index (χ1) is 22.1. The van der Waals surface area contributed by atoms with Crippen LogP contribution in [0.4, 0.5) is 0 Å². The Balaban J connectivity index is 1.42. The molecule has 0 amide bonds. The zero-order chi connectivity index (χ0) is 32.2. The van der Waals surface area contributed by atoms with Crippen LogP contribution in [0.15, 0.2) is 24.3 Å². The number of carbonyl (C=O) groups excluding carboxylic acids is 2. The van der Waals surface area contributed by atoms with Gasteiger partial charge in [0.15, 0.2) is 0 Å². The number of rotatable bonds is 28. The van der Waals surface area contributed by atoms with Gasteiger partial charge >= 0.3 is 11.9 Å². The number of likely N-dealkylation sites (tertiary alicyclic amines) is 1. The van der Waals surface area contributed by atoms with Gasteiger partial charge < -0.3 is 14.4 Å². The molecular formula is C38H65NO4S2. The Morgan fingerprint density at radius 2 is 1.27 bits per heavy atom. The molecule has 1 aromatic carbocycles. The van der Waals surface area contributed by atoms with Gasteiger partial charge in [0.05, 0.1) is 13.0 Å². The van der Waals surface area contributed by atoms with Crippen LogP contribution in [0.5, 0.6) is 5.75 Å². The molecule has 0 N–H and O–H groups in total. The second kappa shape index (κ2) is 27.9. The minimum absolute atomic E-state index is 0.174. The molecule has 1 heterocycles. The van der Waals surface area contributed by atoms with Gasteiger partial charge in [0.1, 0.15) is 5.75 Å². The van der Waals surface area contributed by atoms with Gasteiger partial charge in [-0.2, -0.15) is 0 Å². The monoisotopic (exact) mass is 663 g/mol. The smallest absolute Gasteiger partial charge is 0.311 e. The van der Waals surface area contributed by atoms with Crippen molar-refractivity contribution in [3.8, 4) is 5.75 Å². The summed E-state index contributed by atoms with van der Waals surface area (Å²) in [6.07, 6.45) is 25.0. The molecule has 1 fully saturated rings. The number of nitrogens with zero attached hydrogens (tertiary/aromatic N) is 1. The minimum Gasteiger partial charge on any atom is -0.465 e. The first-order valence-electron chi connectivity index (χ1n) is 18.5. The van der Waals surface area contributed by atoms with Crippen LogP contribution in [-0.4, -0.2) is 54.6 Å². The van der Waals surface area contributed by atoms with Crippen molar-refractivity contribution in [2.45, 2.75) is 149 Å². The second-order valence-corrected chi connectivity index (χ2v) is 15.6. The maximum Gasteiger partial charge on any atom is 0.311 e. The minimum atomic E-state index is -0.188. The molecule has 0 aromatic heterocycles. The predicted molar refractivity (Wildman–Crippen MR) is 195 cm³/mol. The van der Waals surface area contributed by atoms with E-state index >= 15 is 0 Å². The van der Waals surface area contributed by atoms with Crippen LogP contribution in [-0.2, 0) is 20.7 Å². The van der Waals surface area contributed by atoms with E-state index in [1.165, 1.54) is 121 Å². The van der Waals surface area contributed by atoms with Crippen LogP contribution in [0.3, 0.4) is 0 Å². The van der Waals surface area contributed by atoms with Gasteiger partial charge in [-0.3, -0.25) is 9.59 Å². The SMILES string of the molecule is CCCCCCCCCCCCCCCCCC(=O)Oc1ccc(CC(=O)OCCC2CCN(CCSSCCC)CC2)cc1. The molecule has 0 unspecified atom stereocenters. The fourth-order valence-electron chi connectivity index (χ4n) is 5.92. The largest absolute Gasteiger partial charge is 0.465 e. The van der Waals surface area contributed by atoms with Gasteiger partial charge in [0.2, 0.25) is 0 Å². The van der Waals surface area contributed by atoms with E-state index in [0.29, 0.717) is 24.7 Å². The van der Waals surface area contributed by atoms with Crippen molar-refractivity contribution in [1.82, 2.24) is 4.90 Å². The molecule has 0 radical (unpaired) electrons.